The molecule has 0 aromatic heterocycles. The van der Waals surface area contributed by atoms with E-state index in [9.17, 15) is 0 Å². The minimum absolute atomic E-state index is 0.440. The van der Waals surface area contributed by atoms with Crippen LogP contribution in [0.2, 0.25) is 0 Å². The molecule has 1 atom stereocenters. The Kier molecular flexibility index (Phi) is 14.6. The van der Waals surface area contributed by atoms with E-state index in [1.54, 1.807) is 0 Å². The van der Waals surface area contributed by atoms with Crippen molar-refractivity contribution in [2.45, 2.75) is 103 Å². The molecule has 146 valence electrons. The van der Waals surface area contributed by atoms with Gasteiger partial charge in [-0.2, -0.15) is 0 Å². The summed E-state index contributed by atoms with van der Waals surface area (Å²) in [6.07, 6.45) is 28.5. The first-order chi connectivity index (χ1) is 12.4. The molecule has 0 aromatic carbocycles. The molecule has 1 aliphatic rings. The van der Waals surface area contributed by atoms with Crippen LogP contribution in [-0.2, 0) is 0 Å². The fourth-order valence-corrected chi connectivity index (χ4v) is 3.49. The Hall–Kier alpha value is -0.960. The van der Waals surface area contributed by atoms with Crippen LogP contribution in [0.15, 0.2) is 24.6 Å². The minimum atomic E-state index is 0.440. The second kappa shape index (κ2) is 16.5. The number of nitrogens with zero attached hydrogens (tertiary/aromatic N) is 1. The summed E-state index contributed by atoms with van der Waals surface area (Å²) in [5.41, 5.74) is 5.64. The lowest BCUT2D eigenvalue weighted by atomic mass is 10.1. The fraction of sp³-hybridized carbons (Fsp3) is 0.818. The zero-order chi connectivity index (χ0) is 18.0. The van der Waals surface area contributed by atoms with Crippen LogP contribution in [0.5, 0.6) is 0 Å². The fourth-order valence-electron chi connectivity index (χ4n) is 3.49. The van der Waals surface area contributed by atoms with E-state index in [0.717, 1.165) is 25.9 Å². The molecular formula is C22H43N3. The highest BCUT2D eigenvalue weighted by Gasteiger charge is 2.15. The first kappa shape index (κ1) is 22.1. The normalized spacial score (nSPS) is 16.9. The van der Waals surface area contributed by atoms with Crippen LogP contribution in [0.25, 0.3) is 0 Å². The van der Waals surface area contributed by atoms with Crippen molar-refractivity contribution in [3.05, 3.63) is 24.6 Å². The van der Waals surface area contributed by atoms with E-state index in [1.165, 1.54) is 77.0 Å². The predicted octanol–water partition coefficient (Wildman–Crippen LogP) is 5.69. The molecule has 1 unspecified atom stereocenters. The third kappa shape index (κ3) is 12.1. The Morgan fingerprint density at radius 3 is 2.12 bits per heavy atom. The third-order valence-corrected chi connectivity index (χ3v) is 5.09. The average Bonchev–Trinajstić information content (AvgIpc) is 3.06. The number of rotatable bonds is 17. The van der Waals surface area contributed by atoms with Crippen LogP contribution in [0.4, 0.5) is 0 Å². The van der Waals surface area contributed by atoms with Gasteiger partial charge in [0.25, 0.3) is 0 Å². The van der Waals surface area contributed by atoms with Gasteiger partial charge in [-0.25, -0.2) is 0 Å². The van der Waals surface area contributed by atoms with Crippen molar-refractivity contribution in [3.8, 4) is 0 Å². The molecule has 0 spiro atoms. The third-order valence-electron chi connectivity index (χ3n) is 5.09. The molecule has 0 aromatic rings. The molecule has 3 heteroatoms. The van der Waals surface area contributed by atoms with E-state index in [4.69, 9.17) is 5.73 Å². The summed E-state index contributed by atoms with van der Waals surface area (Å²) in [5.74, 6) is 0. The molecular weight excluding hydrogens is 306 g/mol. The van der Waals surface area contributed by atoms with Gasteiger partial charge in [-0.15, -0.1) is 0 Å². The molecule has 3 nitrogen and oxygen atoms in total. The summed E-state index contributed by atoms with van der Waals surface area (Å²) in [6, 6.07) is 0. The van der Waals surface area contributed by atoms with Crippen LogP contribution in [0, 0.1) is 0 Å². The SMILES string of the molecule is CCCCCCCCCCCCC/C=C/CCC1NC=CN1CCN. The highest BCUT2D eigenvalue weighted by molar-refractivity contribution is 4.95. The van der Waals surface area contributed by atoms with Crippen molar-refractivity contribution in [2.75, 3.05) is 13.1 Å². The zero-order valence-electron chi connectivity index (χ0n) is 16.7. The molecule has 3 N–H and O–H groups in total. The van der Waals surface area contributed by atoms with Gasteiger partial charge >= 0.3 is 0 Å². The molecule has 25 heavy (non-hydrogen) atoms. The van der Waals surface area contributed by atoms with Crippen molar-refractivity contribution in [3.63, 3.8) is 0 Å². The van der Waals surface area contributed by atoms with E-state index in [2.05, 4.69) is 35.5 Å². The average molecular weight is 350 g/mol. The van der Waals surface area contributed by atoms with E-state index >= 15 is 0 Å². The number of hydrogen-bond donors (Lipinski definition) is 2. The van der Waals surface area contributed by atoms with E-state index < -0.39 is 0 Å². The Balaban J connectivity index is 1.81. The van der Waals surface area contributed by atoms with Crippen molar-refractivity contribution in [1.29, 1.82) is 0 Å². The number of nitrogens with two attached hydrogens (primary N) is 1. The maximum Gasteiger partial charge on any atom is 0.0984 e. The largest absolute Gasteiger partial charge is 0.370 e. The summed E-state index contributed by atoms with van der Waals surface area (Å²) >= 11 is 0. The van der Waals surface area contributed by atoms with Gasteiger partial charge < -0.3 is 16.0 Å². The standard InChI is InChI=1S/C22H43N3/c1-2-3-4-5-6-7-8-9-10-11-12-13-14-15-16-17-22-24-19-21-25(22)20-18-23/h14-15,19,21-22,24H,2-13,16-18,20,23H2,1H3/b15-14+. The van der Waals surface area contributed by atoms with Gasteiger partial charge in [0.05, 0.1) is 6.17 Å². The quantitative estimate of drug-likeness (QED) is 0.262. The first-order valence-electron chi connectivity index (χ1n) is 10.9. The number of nitrogens with one attached hydrogen (secondary N) is 1. The Labute approximate surface area is 157 Å². The lowest BCUT2D eigenvalue weighted by molar-refractivity contribution is 0.272. The van der Waals surface area contributed by atoms with Gasteiger partial charge in [0.15, 0.2) is 0 Å². The summed E-state index contributed by atoms with van der Waals surface area (Å²) in [5, 5.41) is 3.40. The molecule has 1 rings (SSSR count). The monoisotopic (exact) mass is 349 g/mol. The number of hydrogen-bond acceptors (Lipinski definition) is 3. The van der Waals surface area contributed by atoms with Crippen molar-refractivity contribution in [1.82, 2.24) is 10.2 Å². The van der Waals surface area contributed by atoms with Crippen LogP contribution in [-0.4, -0.2) is 24.2 Å². The predicted molar refractivity (Wildman–Crippen MR) is 111 cm³/mol. The van der Waals surface area contributed by atoms with Gasteiger partial charge in [0.1, 0.15) is 0 Å². The van der Waals surface area contributed by atoms with Crippen molar-refractivity contribution in [2.24, 2.45) is 5.73 Å². The Morgan fingerprint density at radius 1 is 0.880 bits per heavy atom. The van der Waals surface area contributed by atoms with Crippen molar-refractivity contribution < 1.29 is 0 Å². The maximum absolute atomic E-state index is 5.64. The number of allylic oxidation sites excluding steroid dienone is 2. The molecule has 0 bridgehead atoms. The van der Waals surface area contributed by atoms with Gasteiger partial charge in [-0.3, -0.25) is 0 Å². The van der Waals surface area contributed by atoms with Crippen LogP contribution < -0.4 is 11.1 Å². The molecule has 0 fully saturated rings. The Morgan fingerprint density at radius 2 is 1.48 bits per heavy atom. The molecule has 0 amide bonds. The smallest absolute Gasteiger partial charge is 0.0984 e. The molecule has 0 aliphatic carbocycles. The van der Waals surface area contributed by atoms with E-state index in [0.29, 0.717) is 6.17 Å². The topological polar surface area (TPSA) is 41.3 Å². The summed E-state index contributed by atoms with van der Waals surface area (Å²) < 4.78 is 0. The highest BCUT2D eigenvalue weighted by Crippen LogP contribution is 2.13. The second-order valence-electron chi connectivity index (χ2n) is 7.40. The molecule has 1 heterocycles. The first-order valence-corrected chi connectivity index (χ1v) is 10.9. The summed E-state index contributed by atoms with van der Waals surface area (Å²) in [6.45, 7) is 3.95. The highest BCUT2D eigenvalue weighted by atomic mass is 15.3. The minimum Gasteiger partial charge on any atom is -0.370 e. The van der Waals surface area contributed by atoms with Crippen molar-refractivity contribution >= 4 is 0 Å². The van der Waals surface area contributed by atoms with Gasteiger partial charge in [-0.1, -0.05) is 83.3 Å². The lowest BCUT2D eigenvalue weighted by Crippen LogP contribution is -2.37. The van der Waals surface area contributed by atoms with Crippen LogP contribution in [0.3, 0.4) is 0 Å². The van der Waals surface area contributed by atoms with Crippen LogP contribution in [0.1, 0.15) is 96.8 Å². The molecule has 0 saturated carbocycles. The molecule has 0 saturated heterocycles. The van der Waals surface area contributed by atoms with Crippen LogP contribution >= 0.6 is 0 Å². The van der Waals surface area contributed by atoms with Gasteiger partial charge in [-0.05, 0) is 25.7 Å². The van der Waals surface area contributed by atoms with Gasteiger partial charge in [0.2, 0.25) is 0 Å². The summed E-state index contributed by atoms with van der Waals surface area (Å²) in [7, 11) is 0. The van der Waals surface area contributed by atoms with Gasteiger partial charge in [0, 0.05) is 25.5 Å². The molecule has 1 aliphatic heterocycles. The van der Waals surface area contributed by atoms with E-state index in [1.807, 2.05) is 6.20 Å². The van der Waals surface area contributed by atoms with E-state index in [-0.39, 0.29) is 0 Å². The lowest BCUT2D eigenvalue weighted by Gasteiger charge is -2.24. The number of unbranched alkanes of at least 4 members (excludes halogenated alkanes) is 11. The molecule has 0 radical (unpaired) electrons. The second-order valence-corrected chi connectivity index (χ2v) is 7.40. The maximum atomic E-state index is 5.64. The summed E-state index contributed by atoms with van der Waals surface area (Å²) in [4.78, 5) is 2.30. The zero-order valence-corrected chi connectivity index (χ0v) is 16.7. The Bertz CT molecular complexity index is 338.